The topological polar surface area (TPSA) is 81.3 Å². The second-order valence-corrected chi connectivity index (χ2v) is 6.89. The van der Waals surface area contributed by atoms with Gasteiger partial charge < -0.3 is 14.5 Å². The third-order valence-electron chi connectivity index (χ3n) is 4.01. The molecule has 1 atom stereocenters. The minimum absolute atomic E-state index is 0.179. The lowest BCUT2D eigenvalue weighted by atomic mass is 9.94. The fourth-order valence-corrected chi connectivity index (χ4v) is 3.96. The van der Waals surface area contributed by atoms with Gasteiger partial charge in [-0.05, 0) is 17.7 Å². The average Bonchev–Trinajstić information content (AvgIpc) is 3.09. The summed E-state index contributed by atoms with van der Waals surface area (Å²) in [5.74, 6) is -1.05. The first kappa shape index (κ1) is 18.0. The highest BCUT2D eigenvalue weighted by Gasteiger charge is 2.46. The van der Waals surface area contributed by atoms with Gasteiger partial charge in [0, 0.05) is 0 Å². The number of imidazole rings is 1. The van der Waals surface area contributed by atoms with Gasteiger partial charge >= 0.3 is 11.9 Å². The fourth-order valence-electron chi connectivity index (χ4n) is 2.72. The monoisotopic (exact) mass is 370 g/mol. The largest absolute Gasteiger partial charge is 0.469 e. The molecule has 2 aromatic carbocycles. The number of methoxy groups -OCH3 is 2. The highest BCUT2D eigenvalue weighted by atomic mass is 32.2. The summed E-state index contributed by atoms with van der Waals surface area (Å²) in [7, 11) is 2.59. The van der Waals surface area contributed by atoms with Crippen LogP contribution in [0, 0.1) is 0 Å². The number of carbonyl (C=O) groups excluding carboxylic acids is 2. The molecule has 7 heteroatoms. The van der Waals surface area contributed by atoms with E-state index in [4.69, 9.17) is 9.47 Å². The fraction of sp³-hybridized carbons (Fsp3) is 0.211. The minimum Gasteiger partial charge on any atom is -0.469 e. The Hall–Kier alpha value is -2.80. The van der Waals surface area contributed by atoms with Crippen molar-refractivity contribution in [2.24, 2.45) is 0 Å². The number of fused-ring (bicyclic) bond motifs is 1. The van der Waals surface area contributed by atoms with Crippen molar-refractivity contribution in [3.8, 4) is 0 Å². The van der Waals surface area contributed by atoms with E-state index >= 15 is 0 Å². The molecule has 0 bridgehead atoms. The van der Waals surface area contributed by atoms with Crippen LogP contribution in [-0.4, -0.2) is 36.1 Å². The van der Waals surface area contributed by atoms with Crippen molar-refractivity contribution in [3.05, 3.63) is 60.2 Å². The van der Waals surface area contributed by atoms with Gasteiger partial charge in [0.25, 0.3) is 0 Å². The van der Waals surface area contributed by atoms with Crippen molar-refractivity contribution in [3.63, 3.8) is 0 Å². The van der Waals surface area contributed by atoms with Crippen LogP contribution in [0.25, 0.3) is 11.0 Å². The zero-order chi connectivity index (χ0) is 18.6. The lowest BCUT2D eigenvalue weighted by Crippen LogP contribution is -2.36. The summed E-state index contributed by atoms with van der Waals surface area (Å²) >= 11 is 1.15. The zero-order valence-electron chi connectivity index (χ0n) is 14.4. The molecule has 0 aliphatic rings. The maximum atomic E-state index is 12.8. The summed E-state index contributed by atoms with van der Waals surface area (Å²) in [6.45, 7) is 0. The first-order valence-corrected chi connectivity index (χ1v) is 8.75. The molecule has 0 saturated carbocycles. The van der Waals surface area contributed by atoms with Crippen LogP contribution in [0.2, 0.25) is 0 Å². The van der Waals surface area contributed by atoms with E-state index in [-0.39, 0.29) is 6.42 Å². The Morgan fingerprint density at radius 1 is 1.04 bits per heavy atom. The number of rotatable bonds is 6. The van der Waals surface area contributed by atoms with E-state index in [1.54, 1.807) is 12.1 Å². The summed E-state index contributed by atoms with van der Waals surface area (Å²) < 4.78 is 8.57. The molecule has 3 aromatic rings. The third-order valence-corrected chi connectivity index (χ3v) is 5.30. The molecule has 0 aliphatic carbocycles. The van der Waals surface area contributed by atoms with Crippen LogP contribution < -0.4 is 0 Å². The highest BCUT2D eigenvalue weighted by molar-refractivity contribution is 8.00. The number of carbonyl (C=O) groups is 2. The number of aromatic amines is 1. The first-order valence-electron chi connectivity index (χ1n) is 7.93. The number of thioether (sulfide) groups is 1. The molecule has 1 aromatic heterocycles. The average molecular weight is 370 g/mol. The number of H-pyrrole nitrogens is 1. The number of esters is 2. The molecule has 0 fully saturated rings. The van der Waals surface area contributed by atoms with Crippen LogP contribution in [0.3, 0.4) is 0 Å². The van der Waals surface area contributed by atoms with Gasteiger partial charge in [-0.3, -0.25) is 9.59 Å². The molecular weight excluding hydrogens is 352 g/mol. The molecule has 0 amide bonds. The standard InChI is InChI=1S/C19H18N2O4S/c1-24-16(22)12-19(17(23)25-2,13-8-4-3-5-9-13)26-18-20-14-10-6-7-11-15(14)21-18/h3-11H,12H2,1-2H3,(H,20,21). The van der Waals surface area contributed by atoms with Gasteiger partial charge in [-0.15, -0.1) is 0 Å². The van der Waals surface area contributed by atoms with Gasteiger partial charge in [-0.2, -0.15) is 0 Å². The second-order valence-electron chi connectivity index (χ2n) is 5.60. The third kappa shape index (κ3) is 3.43. The van der Waals surface area contributed by atoms with Crippen LogP contribution >= 0.6 is 11.8 Å². The number of ether oxygens (including phenoxy) is 2. The normalized spacial score (nSPS) is 13.2. The molecule has 1 heterocycles. The van der Waals surface area contributed by atoms with Gasteiger partial charge in [-0.1, -0.05) is 54.2 Å². The van der Waals surface area contributed by atoms with Gasteiger partial charge in [0.15, 0.2) is 9.90 Å². The van der Waals surface area contributed by atoms with Crippen molar-refractivity contribution in [2.75, 3.05) is 14.2 Å². The Morgan fingerprint density at radius 3 is 2.38 bits per heavy atom. The number of nitrogens with one attached hydrogen (secondary N) is 1. The molecule has 6 nitrogen and oxygen atoms in total. The zero-order valence-corrected chi connectivity index (χ0v) is 15.2. The molecule has 0 aliphatic heterocycles. The Labute approximate surface area is 154 Å². The van der Waals surface area contributed by atoms with E-state index in [0.29, 0.717) is 10.7 Å². The van der Waals surface area contributed by atoms with Crippen LogP contribution in [0.1, 0.15) is 12.0 Å². The lowest BCUT2D eigenvalue weighted by Gasteiger charge is -2.28. The van der Waals surface area contributed by atoms with Crippen molar-refractivity contribution >= 4 is 34.7 Å². The van der Waals surface area contributed by atoms with Gasteiger partial charge in [0.2, 0.25) is 0 Å². The van der Waals surface area contributed by atoms with Gasteiger partial charge in [0.1, 0.15) is 0 Å². The Kier molecular flexibility index (Phi) is 5.27. The molecule has 3 rings (SSSR count). The van der Waals surface area contributed by atoms with Crippen LogP contribution in [0.5, 0.6) is 0 Å². The molecule has 1 N–H and O–H groups in total. The predicted octanol–water partition coefficient (Wildman–Crippen LogP) is 3.29. The summed E-state index contributed by atoms with van der Waals surface area (Å²) in [5.41, 5.74) is 2.27. The molecule has 0 spiro atoms. The Morgan fingerprint density at radius 2 is 1.73 bits per heavy atom. The minimum atomic E-state index is -1.31. The molecular formula is C19H18N2O4S. The smallest absolute Gasteiger partial charge is 0.327 e. The maximum Gasteiger partial charge on any atom is 0.327 e. The lowest BCUT2D eigenvalue weighted by molar-refractivity contribution is -0.150. The van der Waals surface area contributed by atoms with Crippen molar-refractivity contribution in [2.45, 2.75) is 16.3 Å². The van der Waals surface area contributed by atoms with Crippen molar-refractivity contribution < 1.29 is 19.1 Å². The summed E-state index contributed by atoms with van der Waals surface area (Å²) in [6, 6.07) is 16.6. The maximum absolute atomic E-state index is 12.8. The van der Waals surface area contributed by atoms with E-state index in [9.17, 15) is 9.59 Å². The van der Waals surface area contributed by atoms with E-state index in [0.717, 1.165) is 22.8 Å². The van der Waals surface area contributed by atoms with Gasteiger partial charge in [0.05, 0.1) is 31.7 Å². The molecule has 0 saturated heterocycles. The quantitative estimate of drug-likeness (QED) is 0.530. The Balaban J connectivity index is 2.11. The first-order chi connectivity index (χ1) is 12.6. The van der Waals surface area contributed by atoms with Crippen LogP contribution in [0.4, 0.5) is 0 Å². The number of nitrogens with zero attached hydrogens (tertiary/aromatic N) is 1. The van der Waals surface area contributed by atoms with Gasteiger partial charge in [-0.25, -0.2) is 4.98 Å². The number of hydrogen-bond acceptors (Lipinski definition) is 6. The van der Waals surface area contributed by atoms with E-state index in [1.165, 1.54) is 14.2 Å². The van der Waals surface area contributed by atoms with Crippen LogP contribution in [-0.2, 0) is 23.8 Å². The summed E-state index contributed by atoms with van der Waals surface area (Å²) in [5, 5.41) is 0.518. The van der Waals surface area contributed by atoms with E-state index in [1.807, 2.05) is 42.5 Å². The molecule has 26 heavy (non-hydrogen) atoms. The highest BCUT2D eigenvalue weighted by Crippen LogP contribution is 2.45. The van der Waals surface area contributed by atoms with E-state index in [2.05, 4.69) is 9.97 Å². The molecule has 134 valence electrons. The summed E-state index contributed by atoms with van der Waals surface area (Å²) in [6.07, 6.45) is -0.179. The van der Waals surface area contributed by atoms with E-state index < -0.39 is 16.7 Å². The Bertz CT molecular complexity index is 892. The number of benzene rings is 2. The van der Waals surface area contributed by atoms with Crippen molar-refractivity contribution in [1.29, 1.82) is 0 Å². The predicted molar refractivity (Wildman–Crippen MR) is 98.7 cm³/mol. The number of hydrogen-bond donors (Lipinski definition) is 1. The summed E-state index contributed by atoms with van der Waals surface area (Å²) in [4.78, 5) is 32.6. The molecule has 1 unspecified atom stereocenters. The number of aromatic nitrogens is 2. The number of para-hydroxylation sites is 2. The SMILES string of the molecule is COC(=O)CC(Sc1nc2ccccc2[nH]1)(C(=O)OC)c1ccccc1. The second kappa shape index (κ2) is 7.61. The van der Waals surface area contributed by atoms with Crippen molar-refractivity contribution in [1.82, 2.24) is 9.97 Å². The van der Waals surface area contributed by atoms with Crippen LogP contribution in [0.15, 0.2) is 59.8 Å². The molecule has 0 radical (unpaired) electrons.